The largest absolute Gasteiger partial charge is 0.381 e. The molecule has 1 aromatic rings. The van der Waals surface area contributed by atoms with E-state index in [0.29, 0.717) is 6.10 Å². The molecule has 1 aliphatic rings. The SMILES string of the molecule is COC1CCC(Cc2ccc(C)cc2)CC1. The van der Waals surface area contributed by atoms with E-state index < -0.39 is 0 Å². The van der Waals surface area contributed by atoms with E-state index in [4.69, 9.17) is 4.74 Å². The van der Waals surface area contributed by atoms with Crippen LogP contribution in [0.1, 0.15) is 36.8 Å². The highest BCUT2D eigenvalue weighted by atomic mass is 16.5. The molecule has 88 valence electrons. The van der Waals surface area contributed by atoms with Crippen LogP contribution in [0.4, 0.5) is 0 Å². The number of rotatable bonds is 3. The number of hydrogen-bond donors (Lipinski definition) is 0. The highest BCUT2D eigenvalue weighted by molar-refractivity contribution is 5.21. The van der Waals surface area contributed by atoms with Crippen molar-refractivity contribution in [1.29, 1.82) is 0 Å². The zero-order chi connectivity index (χ0) is 11.4. The van der Waals surface area contributed by atoms with Crippen LogP contribution in [0, 0.1) is 12.8 Å². The van der Waals surface area contributed by atoms with E-state index in [1.165, 1.54) is 43.2 Å². The molecule has 0 N–H and O–H groups in total. The molecule has 16 heavy (non-hydrogen) atoms. The Labute approximate surface area is 98.8 Å². The number of ether oxygens (including phenoxy) is 1. The van der Waals surface area contributed by atoms with Crippen molar-refractivity contribution < 1.29 is 4.74 Å². The minimum atomic E-state index is 0.522. The van der Waals surface area contributed by atoms with Crippen molar-refractivity contribution in [3.8, 4) is 0 Å². The Morgan fingerprint density at radius 2 is 1.69 bits per heavy atom. The second-order valence-corrected chi connectivity index (χ2v) is 5.07. The Hall–Kier alpha value is -0.820. The van der Waals surface area contributed by atoms with Gasteiger partial charge in [-0.15, -0.1) is 0 Å². The van der Waals surface area contributed by atoms with Crippen LogP contribution in [0.5, 0.6) is 0 Å². The van der Waals surface area contributed by atoms with Crippen LogP contribution in [0.15, 0.2) is 24.3 Å². The van der Waals surface area contributed by atoms with Crippen LogP contribution in [0.25, 0.3) is 0 Å². The van der Waals surface area contributed by atoms with Crippen molar-refractivity contribution in [3.63, 3.8) is 0 Å². The summed E-state index contributed by atoms with van der Waals surface area (Å²) in [6, 6.07) is 8.99. The van der Waals surface area contributed by atoms with E-state index in [1.54, 1.807) is 0 Å². The van der Waals surface area contributed by atoms with Crippen LogP contribution in [0.2, 0.25) is 0 Å². The summed E-state index contributed by atoms with van der Waals surface area (Å²) in [4.78, 5) is 0. The number of hydrogen-bond acceptors (Lipinski definition) is 1. The Morgan fingerprint density at radius 1 is 1.06 bits per heavy atom. The predicted molar refractivity (Wildman–Crippen MR) is 67.6 cm³/mol. The fourth-order valence-electron chi connectivity index (χ4n) is 2.63. The third kappa shape index (κ3) is 3.08. The lowest BCUT2D eigenvalue weighted by atomic mass is 9.83. The number of benzene rings is 1. The van der Waals surface area contributed by atoms with E-state index >= 15 is 0 Å². The van der Waals surface area contributed by atoms with E-state index in [-0.39, 0.29) is 0 Å². The molecule has 0 aromatic heterocycles. The van der Waals surface area contributed by atoms with Crippen molar-refractivity contribution in [2.24, 2.45) is 5.92 Å². The maximum atomic E-state index is 5.41. The van der Waals surface area contributed by atoms with Crippen molar-refractivity contribution in [1.82, 2.24) is 0 Å². The monoisotopic (exact) mass is 218 g/mol. The van der Waals surface area contributed by atoms with Gasteiger partial charge in [0.1, 0.15) is 0 Å². The van der Waals surface area contributed by atoms with Gasteiger partial charge in [0.15, 0.2) is 0 Å². The molecule has 0 heterocycles. The number of aryl methyl sites for hydroxylation is 1. The first-order valence-electron chi connectivity index (χ1n) is 6.36. The van der Waals surface area contributed by atoms with Gasteiger partial charge in [-0.2, -0.15) is 0 Å². The first-order chi connectivity index (χ1) is 7.78. The highest BCUT2D eigenvalue weighted by Gasteiger charge is 2.20. The van der Waals surface area contributed by atoms with Gasteiger partial charge in [-0.3, -0.25) is 0 Å². The maximum Gasteiger partial charge on any atom is 0.0571 e. The van der Waals surface area contributed by atoms with E-state index in [9.17, 15) is 0 Å². The molecule has 0 atom stereocenters. The Morgan fingerprint density at radius 3 is 2.25 bits per heavy atom. The Kier molecular flexibility index (Phi) is 4.00. The topological polar surface area (TPSA) is 9.23 Å². The van der Waals surface area contributed by atoms with Gasteiger partial charge in [0.2, 0.25) is 0 Å². The van der Waals surface area contributed by atoms with Gasteiger partial charge in [-0.1, -0.05) is 29.8 Å². The summed E-state index contributed by atoms with van der Waals surface area (Å²) >= 11 is 0. The summed E-state index contributed by atoms with van der Waals surface area (Å²) < 4.78 is 5.41. The van der Waals surface area contributed by atoms with Crippen LogP contribution in [-0.4, -0.2) is 13.2 Å². The standard InChI is InChI=1S/C15H22O/c1-12-3-5-13(6-4-12)11-14-7-9-15(16-2)10-8-14/h3-6,14-15H,7-11H2,1-2H3. The fraction of sp³-hybridized carbons (Fsp3) is 0.600. The van der Waals surface area contributed by atoms with Crippen LogP contribution in [0.3, 0.4) is 0 Å². The molecule has 1 heteroatoms. The molecule has 1 saturated carbocycles. The van der Waals surface area contributed by atoms with Gasteiger partial charge in [-0.05, 0) is 50.5 Å². The van der Waals surface area contributed by atoms with Gasteiger partial charge < -0.3 is 4.74 Å². The van der Waals surface area contributed by atoms with Crippen molar-refractivity contribution >= 4 is 0 Å². The average Bonchev–Trinajstić information content (AvgIpc) is 2.33. The van der Waals surface area contributed by atoms with Crippen molar-refractivity contribution in [3.05, 3.63) is 35.4 Å². The van der Waals surface area contributed by atoms with E-state index in [2.05, 4.69) is 31.2 Å². The van der Waals surface area contributed by atoms with Crippen molar-refractivity contribution in [2.75, 3.05) is 7.11 Å². The molecule has 1 aliphatic carbocycles. The molecule has 0 unspecified atom stereocenters. The summed E-state index contributed by atoms with van der Waals surface area (Å²) in [6.07, 6.45) is 6.91. The molecule has 0 radical (unpaired) electrons. The van der Waals surface area contributed by atoms with Gasteiger partial charge in [0, 0.05) is 7.11 Å². The quantitative estimate of drug-likeness (QED) is 0.751. The first-order valence-corrected chi connectivity index (χ1v) is 6.36. The molecule has 2 rings (SSSR count). The highest BCUT2D eigenvalue weighted by Crippen LogP contribution is 2.28. The molecular weight excluding hydrogens is 196 g/mol. The smallest absolute Gasteiger partial charge is 0.0571 e. The lowest BCUT2D eigenvalue weighted by molar-refractivity contribution is 0.0568. The Bertz CT molecular complexity index is 307. The lowest BCUT2D eigenvalue weighted by Crippen LogP contribution is -2.21. The molecule has 0 spiro atoms. The van der Waals surface area contributed by atoms with E-state index in [1.807, 2.05) is 7.11 Å². The van der Waals surface area contributed by atoms with Crippen LogP contribution in [-0.2, 0) is 11.2 Å². The molecule has 1 aromatic carbocycles. The van der Waals surface area contributed by atoms with Gasteiger partial charge >= 0.3 is 0 Å². The third-order valence-corrected chi connectivity index (χ3v) is 3.77. The van der Waals surface area contributed by atoms with Gasteiger partial charge in [0.25, 0.3) is 0 Å². The predicted octanol–water partition coefficient (Wildman–Crippen LogP) is 3.74. The second kappa shape index (κ2) is 5.49. The summed E-state index contributed by atoms with van der Waals surface area (Å²) in [7, 11) is 1.84. The lowest BCUT2D eigenvalue weighted by Gasteiger charge is -2.27. The normalized spacial score (nSPS) is 25.6. The molecule has 0 bridgehead atoms. The second-order valence-electron chi connectivity index (χ2n) is 5.07. The molecular formula is C15H22O. The third-order valence-electron chi connectivity index (χ3n) is 3.77. The summed E-state index contributed by atoms with van der Waals surface area (Å²) in [5.41, 5.74) is 2.85. The van der Waals surface area contributed by atoms with E-state index in [0.717, 1.165) is 5.92 Å². The molecule has 0 aliphatic heterocycles. The van der Waals surface area contributed by atoms with Gasteiger partial charge in [0.05, 0.1) is 6.10 Å². The average molecular weight is 218 g/mol. The summed E-state index contributed by atoms with van der Waals surface area (Å²) in [5, 5.41) is 0. The molecule has 1 fully saturated rings. The minimum absolute atomic E-state index is 0.522. The molecule has 0 amide bonds. The molecule has 0 saturated heterocycles. The van der Waals surface area contributed by atoms with Crippen LogP contribution < -0.4 is 0 Å². The van der Waals surface area contributed by atoms with Gasteiger partial charge in [-0.25, -0.2) is 0 Å². The summed E-state index contributed by atoms with van der Waals surface area (Å²) in [6.45, 7) is 2.15. The van der Waals surface area contributed by atoms with Crippen molar-refractivity contribution in [2.45, 2.75) is 45.1 Å². The van der Waals surface area contributed by atoms with Crippen LogP contribution >= 0.6 is 0 Å². The first kappa shape index (κ1) is 11.7. The molecule has 1 nitrogen and oxygen atoms in total. The summed E-state index contributed by atoms with van der Waals surface area (Å²) in [5.74, 6) is 0.870. The zero-order valence-corrected chi connectivity index (χ0v) is 10.4. The maximum absolute atomic E-state index is 5.41. The zero-order valence-electron chi connectivity index (χ0n) is 10.4. The Balaban J connectivity index is 1.84. The fourth-order valence-corrected chi connectivity index (χ4v) is 2.63. The minimum Gasteiger partial charge on any atom is -0.381 e. The number of methoxy groups -OCH3 is 1.